The quantitative estimate of drug-likeness (QED) is 0.783. The molecule has 7 nitrogen and oxygen atoms in total. The third-order valence-corrected chi connectivity index (χ3v) is 4.28. The van der Waals surface area contributed by atoms with Crippen molar-refractivity contribution in [2.45, 2.75) is 6.92 Å². The number of hydrogen-bond acceptors (Lipinski definition) is 5. The van der Waals surface area contributed by atoms with Gasteiger partial charge in [-0.2, -0.15) is 0 Å². The summed E-state index contributed by atoms with van der Waals surface area (Å²) in [4.78, 5) is 14.5. The number of nitrogens with one attached hydrogen (secondary N) is 2. The van der Waals surface area contributed by atoms with E-state index in [9.17, 15) is 13.2 Å². The summed E-state index contributed by atoms with van der Waals surface area (Å²) in [6, 6.07) is 4.99. The number of carbonyl (C=O) groups excluding carboxylic acids is 1. The number of benzene rings is 1. The van der Waals surface area contributed by atoms with Gasteiger partial charge < -0.3 is 10.1 Å². The van der Waals surface area contributed by atoms with Crippen LogP contribution in [0.1, 0.15) is 15.9 Å². The predicted molar refractivity (Wildman–Crippen MR) is 89.2 cm³/mol. The van der Waals surface area contributed by atoms with Crippen LogP contribution in [-0.4, -0.2) is 64.9 Å². The largest absolute Gasteiger partial charge is 0.379 e. The highest BCUT2D eigenvalue weighted by atomic mass is 32.2. The monoisotopic (exact) mass is 341 g/mol. The number of anilines is 1. The second-order valence-corrected chi connectivity index (χ2v) is 7.31. The van der Waals surface area contributed by atoms with Gasteiger partial charge in [-0.05, 0) is 24.6 Å². The molecule has 128 valence electrons. The SMILES string of the molecule is Cc1c(NS(C)(=O)=O)cccc1C(=O)NCCN1CCOCC1. The topological polar surface area (TPSA) is 87.7 Å². The van der Waals surface area contributed by atoms with E-state index in [2.05, 4.69) is 14.9 Å². The Balaban J connectivity index is 1.94. The van der Waals surface area contributed by atoms with E-state index in [0.29, 0.717) is 23.4 Å². The van der Waals surface area contributed by atoms with Crippen LogP contribution in [0.2, 0.25) is 0 Å². The molecule has 1 heterocycles. The van der Waals surface area contributed by atoms with Crippen LogP contribution in [0.5, 0.6) is 0 Å². The number of hydrogen-bond donors (Lipinski definition) is 2. The number of carbonyl (C=O) groups is 1. The summed E-state index contributed by atoms with van der Waals surface area (Å²) in [5, 5.41) is 2.88. The Morgan fingerprint density at radius 2 is 2.00 bits per heavy atom. The van der Waals surface area contributed by atoms with Crippen LogP contribution in [-0.2, 0) is 14.8 Å². The van der Waals surface area contributed by atoms with Crippen molar-refractivity contribution in [3.8, 4) is 0 Å². The number of morpholine rings is 1. The summed E-state index contributed by atoms with van der Waals surface area (Å²) in [6.07, 6.45) is 1.08. The van der Waals surface area contributed by atoms with Crippen LogP contribution in [0.15, 0.2) is 18.2 Å². The molecule has 0 saturated carbocycles. The second kappa shape index (κ2) is 7.76. The molecule has 0 aliphatic carbocycles. The normalized spacial score (nSPS) is 16.1. The molecule has 1 amide bonds. The molecule has 1 aliphatic heterocycles. The maximum absolute atomic E-state index is 12.3. The van der Waals surface area contributed by atoms with Crippen LogP contribution < -0.4 is 10.0 Å². The molecular weight excluding hydrogens is 318 g/mol. The fraction of sp³-hybridized carbons (Fsp3) is 0.533. The minimum Gasteiger partial charge on any atom is -0.379 e. The first-order valence-electron chi connectivity index (χ1n) is 7.52. The van der Waals surface area contributed by atoms with Gasteiger partial charge in [0.2, 0.25) is 10.0 Å². The van der Waals surface area contributed by atoms with E-state index in [4.69, 9.17) is 4.74 Å². The summed E-state index contributed by atoms with van der Waals surface area (Å²) in [5.74, 6) is -0.201. The van der Waals surface area contributed by atoms with E-state index < -0.39 is 10.0 Å². The highest BCUT2D eigenvalue weighted by Crippen LogP contribution is 2.19. The van der Waals surface area contributed by atoms with Crippen molar-refractivity contribution in [1.82, 2.24) is 10.2 Å². The predicted octanol–water partition coefficient (Wildman–Crippen LogP) is 0.429. The summed E-state index contributed by atoms with van der Waals surface area (Å²) in [7, 11) is -3.37. The fourth-order valence-electron chi connectivity index (χ4n) is 2.44. The third-order valence-electron chi connectivity index (χ3n) is 3.69. The Morgan fingerprint density at radius 3 is 2.65 bits per heavy atom. The Hall–Kier alpha value is -1.64. The lowest BCUT2D eigenvalue weighted by Gasteiger charge is -2.26. The third kappa shape index (κ3) is 5.49. The van der Waals surface area contributed by atoms with Crippen molar-refractivity contribution in [1.29, 1.82) is 0 Å². The molecule has 0 atom stereocenters. The maximum Gasteiger partial charge on any atom is 0.251 e. The van der Waals surface area contributed by atoms with E-state index in [-0.39, 0.29) is 5.91 Å². The van der Waals surface area contributed by atoms with Crippen LogP contribution in [0.4, 0.5) is 5.69 Å². The lowest BCUT2D eigenvalue weighted by atomic mass is 10.1. The van der Waals surface area contributed by atoms with Gasteiger partial charge in [0.05, 0.1) is 25.2 Å². The lowest BCUT2D eigenvalue weighted by molar-refractivity contribution is 0.0383. The minimum atomic E-state index is -3.37. The molecule has 1 aliphatic rings. The molecule has 8 heteroatoms. The fourth-order valence-corrected chi connectivity index (χ4v) is 3.06. The highest BCUT2D eigenvalue weighted by molar-refractivity contribution is 7.92. The Bertz CT molecular complexity index is 655. The van der Waals surface area contributed by atoms with Crippen molar-refractivity contribution in [2.24, 2.45) is 0 Å². The van der Waals surface area contributed by atoms with Crippen LogP contribution in [0.25, 0.3) is 0 Å². The average Bonchev–Trinajstić information content (AvgIpc) is 2.49. The Labute approximate surface area is 137 Å². The molecule has 0 unspecified atom stereocenters. The average molecular weight is 341 g/mol. The van der Waals surface area contributed by atoms with Gasteiger partial charge >= 0.3 is 0 Å². The molecule has 23 heavy (non-hydrogen) atoms. The zero-order valence-corrected chi connectivity index (χ0v) is 14.3. The molecule has 1 fully saturated rings. The molecule has 0 aromatic heterocycles. The lowest BCUT2D eigenvalue weighted by Crippen LogP contribution is -2.41. The van der Waals surface area contributed by atoms with Crippen molar-refractivity contribution < 1.29 is 17.9 Å². The zero-order chi connectivity index (χ0) is 16.9. The van der Waals surface area contributed by atoms with Crippen molar-refractivity contribution in [3.63, 3.8) is 0 Å². The molecule has 2 N–H and O–H groups in total. The first kappa shape index (κ1) is 17.7. The maximum atomic E-state index is 12.3. The molecule has 2 rings (SSSR count). The number of ether oxygens (including phenoxy) is 1. The summed E-state index contributed by atoms with van der Waals surface area (Å²) in [6.45, 7) is 6.26. The highest BCUT2D eigenvalue weighted by Gasteiger charge is 2.14. The Morgan fingerprint density at radius 1 is 1.30 bits per heavy atom. The van der Waals surface area contributed by atoms with Crippen LogP contribution >= 0.6 is 0 Å². The molecule has 1 aromatic carbocycles. The van der Waals surface area contributed by atoms with Gasteiger partial charge in [-0.25, -0.2) is 8.42 Å². The molecule has 0 bridgehead atoms. The Kier molecular flexibility index (Phi) is 5.97. The smallest absolute Gasteiger partial charge is 0.251 e. The van der Waals surface area contributed by atoms with Gasteiger partial charge in [-0.15, -0.1) is 0 Å². The molecule has 0 spiro atoms. The zero-order valence-electron chi connectivity index (χ0n) is 13.5. The summed E-state index contributed by atoms with van der Waals surface area (Å²) >= 11 is 0. The molecule has 1 saturated heterocycles. The number of sulfonamides is 1. The first-order valence-corrected chi connectivity index (χ1v) is 9.41. The molecule has 0 radical (unpaired) electrons. The van der Waals surface area contributed by atoms with Gasteiger partial charge in [0.25, 0.3) is 5.91 Å². The minimum absolute atomic E-state index is 0.201. The molecular formula is C15H23N3O4S. The van der Waals surface area contributed by atoms with E-state index in [0.717, 1.165) is 39.1 Å². The van der Waals surface area contributed by atoms with E-state index in [1.165, 1.54) is 0 Å². The van der Waals surface area contributed by atoms with Gasteiger partial charge in [-0.3, -0.25) is 14.4 Å². The first-order chi connectivity index (χ1) is 10.9. The van der Waals surface area contributed by atoms with Gasteiger partial charge in [0.1, 0.15) is 0 Å². The van der Waals surface area contributed by atoms with Crippen LogP contribution in [0, 0.1) is 6.92 Å². The second-order valence-electron chi connectivity index (χ2n) is 5.56. The van der Waals surface area contributed by atoms with Crippen molar-refractivity contribution in [3.05, 3.63) is 29.3 Å². The van der Waals surface area contributed by atoms with Gasteiger partial charge in [0, 0.05) is 31.7 Å². The summed E-state index contributed by atoms with van der Waals surface area (Å²) < 4.78 is 30.4. The van der Waals surface area contributed by atoms with Gasteiger partial charge in [0.15, 0.2) is 0 Å². The standard InChI is InChI=1S/C15H23N3O4S/c1-12-13(4-3-5-14(12)17-23(2,20)21)15(19)16-6-7-18-8-10-22-11-9-18/h3-5,17H,6-11H2,1-2H3,(H,16,19). The van der Waals surface area contributed by atoms with Crippen molar-refractivity contribution >= 4 is 21.6 Å². The molecule has 1 aromatic rings. The summed E-state index contributed by atoms with van der Waals surface area (Å²) in [5.41, 5.74) is 1.51. The number of rotatable bonds is 6. The van der Waals surface area contributed by atoms with E-state index in [1.807, 2.05) is 0 Å². The number of amides is 1. The van der Waals surface area contributed by atoms with E-state index in [1.54, 1.807) is 25.1 Å². The van der Waals surface area contributed by atoms with E-state index >= 15 is 0 Å². The van der Waals surface area contributed by atoms with Crippen molar-refractivity contribution in [2.75, 3.05) is 50.4 Å². The number of nitrogens with zero attached hydrogens (tertiary/aromatic N) is 1. The van der Waals surface area contributed by atoms with Gasteiger partial charge in [-0.1, -0.05) is 6.07 Å². The van der Waals surface area contributed by atoms with Crippen LogP contribution in [0.3, 0.4) is 0 Å².